The largest absolute Gasteiger partial charge is 0.506 e. The third-order valence-electron chi connectivity index (χ3n) is 1.36. The van der Waals surface area contributed by atoms with Gasteiger partial charge in [0.25, 0.3) is 15.5 Å². The normalized spacial score (nSPS) is 12.0. The number of aromatic nitrogens is 1. The second kappa shape index (κ2) is 3.66. The van der Waals surface area contributed by atoms with Crippen LogP contribution in [0.1, 0.15) is 12.1 Å². The molecule has 0 atom stereocenters. The van der Waals surface area contributed by atoms with Gasteiger partial charge in [0.1, 0.15) is 16.3 Å². The maximum atomic E-state index is 12.1. The van der Waals surface area contributed by atoms with Crippen molar-refractivity contribution >= 4 is 19.7 Å². The quantitative estimate of drug-likeness (QED) is 0.802. The summed E-state index contributed by atoms with van der Waals surface area (Å²) in [6.45, 7) is 0. The second-order valence-electron chi connectivity index (χ2n) is 2.31. The van der Waals surface area contributed by atoms with Crippen LogP contribution in [0.3, 0.4) is 0 Å². The zero-order valence-corrected chi connectivity index (χ0v) is 8.06. The predicted molar refractivity (Wildman–Crippen MR) is 43.9 cm³/mol. The van der Waals surface area contributed by atoms with E-state index in [2.05, 4.69) is 4.98 Å². The van der Waals surface area contributed by atoms with Crippen LogP contribution in [0, 0.1) is 0 Å². The molecule has 0 amide bonds. The van der Waals surface area contributed by atoms with Crippen LogP contribution in [-0.4, -0.2) is 18.5 Å². The molecular formula is C6H4ClF2NO3S. The van der Waals surface area contributed by atoms with E-state index >= 15 is 0 Å². The van der Waals surface area contributed by atoms with E-state index in [-0.39, 0.29) is 0 Å². The summed E-state index contributed by atoms with van der Waals surface area (Å²) >= 11 is 0. The highest BCUT2D eigenvalue weighted by Gasteiger charge is 2.18. The summed E-state index contributed by atoms with van der Waals surface area (Å²) in [7, 11) is 0.833. The van der Waals surface area contributed by atoms with Gasteiger partial charge in [0.15, 0.2) is 0 Å². The van der Waals surface area contributed by atoms with Gasteiger partial charge in [-0.3, -0.25) is 0 Å². The van der Waals surface area contributed by atoms with Crippen molar-refractivity contribution < 1.29 is 22.3 Å². The summed E-state index contributed by atoms with van der Waals surface area (Å²) in [5, 5.41) is 8.96. The number of rotatable bonds is 2. The van der Waals surface area contributed by atoms with Crippen LogP contribution in [0.4, 0.5) is 8.78 Å². The SMILES string of the molecule is O=S(=O)(Cl)c1cnc(C(F)F)c(O)c1. The molecule has 0 aliphatic heterocycles. The maximum absolute atomic E-state index is 12.1. The second-order valence-corrected chi connectivity index (χ2v) is 4.88. The van der Waals surface area contributed by atoms with Crippen LogP contribution in [0.5, 0.6) is 5.75 Å². The highest BCUT2D eigenvalue weighted by atomic mass is 35.7. The fourth-order valence-corrected chi connectivity index (χ4v) is 1.43. The molecule has 0 spiro atoms. The minimum Gasteiger partial charge on any atom is -0.506 e. The van der Waals surface area contributed by atoms with E-state index < -0.39 is 31.8 Å². The lowest BCUT2D eigenvalue weighted by Crippen LogP contribution is -1.96. The van der Waals surface area contributed by atoms with E-state index in [4.69, 9.17) is 15.8 Å². The molecule has 0 fully saturated rings. The lowest BCUT2D eigenvalue weighted by molar-refractivity contribution is 0.141. The Labute approximate surface area is 82.6 Å². The van der Waals surface area contributed by atoms with Gasteiger partial charge in [-0.25, -0.2) is 22.2 Å². The van der Waals surface area contributed by atoms with Gasteiger partial charge in [-0.1, -0.05) is 0 Å². The Morgan fingerprint density at radius 1 is 1.50 bits per heavy atom. The molecule has 4 nitrogen and oxygen atoms in total. The van der Waals surface area contributed by atoms with E-state index in [1.165, 1.54) is 0 Å². The number of hydrogen-bond acceptors (Lipinski definition) is 4. The first-order valence-electron chi connectivity index (χ1n) is 3.24. The molecule has 0 saturated carbocycles. The molecule has 1 aromatic rings. The van der Waals surface area contributed by atoms with Crippen LogP contribution in [0.25, 0.3) is 0 Å². The number of hydrogen-bond donors (Lipinski definition) is 1. The van der Waals surface area contributed by atoms with Crippen LogP contribution >= 0.6 is 10.7 Å². The Morgan fingerprint density at radius 2 is 2.07 bits per heavy atom. The molecule has 0 aliphatic carbocycles. The Hall–Kier alpha value is -0.950. The third-order valence-corrected chi connectivity index (χ3v) is 2.68. The van der Waals surface area contributed by atoms with Crippen LogP contribution in [0.15, 0.2) is 17.2 Å². The fourth-order valence-electron chi connectivity index (χ4n) is 0.747. The molecule has 0 saturated heterocycles. The molecular weight excluding hydrogens is 240 g/mol. The van der Waals surface area contributed by atoms with Crippen molar-refractivity contribution in [1.29, 1.82) is 0 Å². The summed E-state index contributed by atoms with van der Waals surface area (Å²) < 4.78 is 45.5. The molecule has 0 bridgehead atoms. The van der Waals surface area contributed by atoms with E-state index in [9.17, 15) is 17.2 Å². The first kappa shape index (κ1) is 11.1. The van der Waals surface area contributed by atoms with Gasteiger partial charge in [0.2, 0.25) is 0 Å². The Balaban J connectivity index is 3.27. The Bertz CT molecular complexity index is 448. The van der Waals surface area contributed by atoms with Gasteiger partial charge in [-0.15, -0.1) is 0 Å². The molecule has 0 unspecified atom stereocenters. The molecule has 0 aromatic carbocycles. The van der Waals surface area contributed by atoms with E-state index in [1.807, 2.05) is 0 Å². The standard InChI is InChI=1S/C6H4ClF2NO3S/c7-14(12,13)3-1-4(11)5(6(8)9)10-2-3/h1-2,6,11H. The van der Waals surface area contributed by atoms with Crippen LogP contribution < -0.4 is 0 Å². The molecule has 14 heavy (non-hydrogen) atoms. The summed E-state index contributed by atoms with van der Waals surface area (Å²) in [6.07, 6.45) is -2.31. The average molecular weight is 244 g/mol. The van der Waals surface area contributed by atoms with Gasteiger partial charge in [0.05, 0.1) is 0 Å². The topological polar surface area (TPSA) is 67.3 Å². The van der Waals surface area contributed by atoms with Gasteiger partial charge < -0.3 is 5.11 Å². The van der Waals surface area contributed by atoms with Crippen molar-refractivity contribution in [1.82, 2.24) is 4.98 Å². The molecule has 1 rings (SSSR count). The lowest BCUT2D eigenvalue weighted by Gasteiger charge is -2.02. The Morgan fingerprint density at radius 3 is 2.43 bits per heavy atom. The Kier molecular flexibility index (Phi) is 2.91. The number of halogens is 3. The number of pyridine rings is 1. The van der Waals surface area contributed by atoms with E-state index in [0.717, 1.165) is 0 Å². The van der Waals surface area contributed by atoms with Crippen molar-refractivity contribution in [2.75, 3.05) is 0 Å². The van der Waals surface area contributed by atoms with Gasteiger partial charge >= 0.3 is 0 Å². The minimum atomic E-state index is -4.06. The van der Waals surface area contributed by atoms with Crippen LogP contribution in [0.2, 0.25) is 0 Å². The monoisotopic (exact) mass is 243 g/mol. The molecule has 0 aliphatic rings. The number of alkyl halides is 2. The minimum absolute atomic E-state index is 0.527. The van der Waals surface area contributed by atoms with Crippen molar-refractivity contribution in [2.24, 2.45) is 0 Å². The highest BCUT2D eigenvalue weighted by molar-refractivity contribution is 8.13. The zero-order valence-electron chi connectivity index (χ0n) is 6.49. The number of nitrogens with zero attached hydrogens (tertiary/aromatic N) is 1. The molecule has 8 heteroatoms. The molecule has 0 radical (unpaired) electrons. The first-order chi connectivity index (χ1) is 6.32. The fraction of sp³-hybridized carbons (Fsp3) is 0.167. The van der Waals surface area contributed by atoms with Crippen molar-refractivity contribution in [3.05, 3.63) is 18.0 Å². The predicted octanol–water partition coefficient (Wildman–Crippen LogP) is 1.65. The first-order valence-corrected chi connectivity index (χ1v) is 5.55. The molecule has 1 aromatic heterocycles. The zero-order chi connectivity index (χ0) is 10.9. The number of aromatic hydroxyl groups is 1. The lowest BCUT2D eigenvalue weighted by atomic mass is 10.3. The third kappa shape index (κ3) is 2.30. The van der Waals surface area contributed by atoms with Crippen molar-refractivity contribution in [2.45, 2.75) is 11.3 Å². The summed E-state index contributed by atoms with van der Waals surface area (Å²) in [5.74, 6) is -0.901. The van der Waals surface area contributed by atoms with Crippen LogP contribution in [-0.2, 0) is 9.05 Å². The maximum Gasteiger partial charge on any atom is 0.284 e. The smallest absolute Gasteiger partial charge is 0.284 e. The molecule has 78 valence electrons. The van der Waals surface area contributed by atoms with E-state index in [0.29, 0.717) is 12.3 Å². The highest BCUT2D eigenvalue weighted by Crippen LogP contribution is 2.28. The average Bonchev–Trinajstić information content (AvgIpc) is 2.01. The summed E-state index contributed by atoms with van der Waals surface area (Å²) in [4.78, 5) is 2.55. The molecule has 1 N–H and O–H groups in total. The van der Waals surface area contributed by atoms with Gasteiger partial charge in [-0.2, -0.15) is 0 Å². The van der Waals surface area contributed by atoms with E-state index in [1.54, 1.807) is 0 Å². The van der Waals surface area contributed by atoms with Gasteiger partial charge in [0, 0.05) is 22.9 Å². The van der Waals surface area contributed by atoms with Gasteiger partial charge in [-0.05, 0) is 0 Å². The molecule has 1 heterocycles. The van der Waals surface area contributed by atoms with Crippen molar-refractivity contribution in [3.63, 3.8) is 0 Å². The summed E-state index contributed by atoms with van der Waals surface area (Å²) in [5.41, 5.74) is -0.880. The summed E-state index contributed by atoms with van der Waals surface area (Å²) in [6, 6.07) is 0.622. The van der Waals surface area contributed by atoms with Crippen molar-refractivity contribution in [3.8, 4) is 5.75 Å².